The number of hydrogen-bond acceptors (Lipinski definition) is 4. The summed E-state index contributed by atoms with van der Waals surface area (Å²) in [5.41, 5.74) is 5.15. The van der Waals surface area contributed by atoms with Gasteiger partial charge in [-0.1, -0.05) is 13.3 Å². The van der Waals surface area contributed by atoms with Crippen molar-refractivity contribution in [2.45, 2.75) is 26.2 Å². The van der Waals surface area contributed by atoms with Crippen LogP contribution in [0.25, 0.3) is 0 Å². The van der Waals surface area contributed by atoms with Gasteiger partial charge in [0.1, 0.15) is 0 Å². The van der Waals surface area contributed by atoms with Crippen molar-refractivity contribution in [3.05, 3.63) is 0 Å². The summed E-state index contributed by atoms with van der Waals surface area (Å²) in [5.74, 6) is -0.618. The summed E-state index contributed by atoms with van der Waals surface area (Å²) in [4.78, 5) is 11.1. The van der Waals surface area contributed by atoms with Gasteiger partial charge < -0.3 is 11.1 Å². The zero-order chi connectivity index (χ0) is 14.3. The molecule has 1 fully saturated rings. The van der Waals surface area contributed by atoms with E-state index in [1.165, 1.54) is 8.61 Å². The van der Waals surface area contributed by atoms with Crippen LogP contribution in [0.1, 0.15) is 26.2 Å². The molecule has 1 heterocycles. The van der Waals surface area contributed by atoms with Gasteiger partial charge in [-0.25, -0.2) is 0 Å². The second-order valence-corrected chi connectivity index (χ2v) is 6.59. The molecule has 0 atom stereocenters. The van der Waals surface area contributed by atoms with Gasteiger partial charge in [0.05, 0.1) is 6.54 Å². The summed E-state index contributed by atoms with van der Waals surface area (Å²) in [6.07, 6.45) is 2.36. The van der Waals surface area contributed by atoms with E-state index in [1.807, 2.05) is 6.92 Å². The van der Waals surface area contributed by atoms with Crippen molar-refractivity contribution in [1.82, 2.24) is 13.9 Å². The number of nitrogens with two attached hydrogens (primary N) is 1. The molecule has 1 rings (SSSR count). The molecule has 8 heteroatoms. The molecule has 0 bridgehead atoms. The molecule has 0 aliphatic carbocycles. The summed E-state index contributed by atoms with van der Waals surface area (Å²) in [7, 11) is -3.59. The lowest BCUT2D eigenvalue weighted by Crippen LogP contribution is -2.48. The Morgan fingerprint density at radius 3 is 2.74 bits per heavy atom. The fourth-order valence-electron chi connectivity index (χ4n) is 2.00. The van der Waals surface area contributed by atoms with E-state index in [0.717, 1.165) is 25.8 Å². The number of amides is 1. The quantitative estimate of drug-likeness (QED) is 0.636. The molecular formula is C11H24N4O3S. The highest BCUT2D eigenvalue weighted by molar-refractivity contribution is 7.86. The Bertz CT molecular complexity index is 377. The van der Waals surface area contributed by atoms with Gasteiger partial charge >= 0.3 is 0 Å². The van der Waals surface area contributed by atoms with Crippen LogP contribution in [-0.2, 0) is 15.0 Å². The highest BCUT2D eigenvalue weighted by Crippen LogP contribution is 2.11. The molecule has 0 aromatic carbocycles. The molecule has 0 unspecified atom stereocenters. The third-order valence-corrected chi connectivity index (χ3v) is 5.03. The molecule has 1 amide bonds. The summed E-state index contributed by atoms with van der Waals surface area (Å²) in [5, 5.41) is 3.16. The van der Waals surface area contributed by atoms with Gasteiger partial charge in [0.2, 0.25) is 5.91 Å². The minimum atomic E-state index is -3.59. The van der Waals surface area contributed by atoms with Crippen molar-refractivity contribution in [2.75, 3.05) is 39.3 Å². The molecular weight excluding hydrogens is 268 g/mol. The molecule has 19 heavy (non-hydrogen) atoms. The van der Waals surface area contributed by atoms with Gasteiger partial charge in [-0.15, -0.1) is 0 Å². The van der Waals surface area contributed by atoms with Crippen LogP contribution in [-0.4, -0.2) is 62.2 Å². The van der Waals surface area contributed by atoms with Crippen molar-refractivity contribution in [3.8, 4) is 0 Å². The highest BCUT2D eigenvalue weighted by Gasteiger charge is 2.30. The minimum Gasteiger partial charge on any atom is -0.369 e. The molecule has 1 aliphatic rings. The average Bonchev–Trinajstić information content (AvgIpc) is 2.63. The van der Waals surface area contributed by atoms with Gasteiger partial charge in [0.25, 0.3) is 10.2 Å². The van der Waals surface area contributed by atoms with Gasteiger partial charge in [0, 0.05) is 26.2 Å². The lowest BCUT2D eigenvalue weighted by molar-refractivity contribution is -0.118. The molecule has 1 saturated heterocycles. The number of unbranched alkanes of at least 4 members (excludes halogenated alkanes) is 1. The predicted octanol–water partition coefficient (Wildman–Crippen LogP) is -0.886. The average molecular weight is 292 g/mol. The van der Waals surface area contributed by atoms with Crippen LogP contribution >= 0.6 is 0 Å². The molecule has 7 nitrogen and oxygen atoms in total. The van der Waals surface area contributed by atoms with Gasteiger partial charge in [-0.2, -0.15) is 17.0 Å². The van der Waals surface area contributed by atoms with Crippen LogP contribution in [0.4, 0.5) is 0 Å². The maximum Gasteiger partial charge on any atom is 0.282 e. The lowest BCUT2D eigenvalue weighted by Gasteiger charge is -2.28. The van der Waals surface area contributed by atoms with Crippen LogP contribution in [0.15, 0.2) is 0 Å². The number of rotatable bonds is 7. The molecule has 0 aromatic rings. The Hall–Kier alpha value is -0.700. The van der Waals surface area contributed by atoms with E-state index >= 15 is 0 Å². The second kappa shape index (κ2) is 7.78. The molecule has 0 aromatic heterocycles. The topological polar surface area (TPSA) is 95.7 Å². The number of carbonyl (C=O) groups is 1. The molecule has 112 valence electrons. The molecule has 0 saturated carbocycles. The third-order valence-electron chi connectivity index (χ3n) is 3.04. The van der Waals surface area contributed by atoms with Crippen molar-refractivity contribution in [3.63, 3.8) is 0 Å². The van der Waals surface area contributed by atoms with Crippen molar-refractivity contribution in [2.24, 2.45) is 5.73 Å². The number of nitrogens with zero attached hydrogens (tertiary/aromatic N) is 2. The van der Waals surface area contributed by atoms with Crippen LogP contribution in [0.2, 0.25) is 0 Å². The van der Waals surface area contributed by atoms with Crippen LogP contribution in [0, 0.1) is 0 Å². The summed E-state index contributed by atoms with van der Waals surface area (Å²) in [6, 6.07) is 0. The summed E-state index contributed by atoms with van der Waals surface area (Å²) in [6.45, 7) is 4.44. The largest absolute Gasteiger partial charge is 0.369 e. The first-order chi connectivity index (χ1) is 8.98. The van der Waals surface area contributed by atoms with Crippen molar-refractivity contribution >= 4 is 16.1 Å². The van der Waals surface area contributed by atoms with Gasteiger partial charge in [-0.3, -0.25) is 4.79 Å². The second-order valence-electron chi connectivity index (χ2n) is 4.66. The first-order valence-corrected chi connectivity index (χ1v) is 8.12. The van der Waals surface area contributed by atoms with Gasteiger partial charge in [-0.05, 0) is 19.4 Å². The number of carbonyl (C=O) groups excluding carboxylic acids is 1. The van der Waals surface area contributed by atoms with Crippen LogP contribution in [0.3, 0.4) is 0 Å². The Balaban J connectivity index is 2.80. The Labute approximate surface area is 115 Å². The Morgan fingerprint density at radius 2 is 2.11 bits per heavy atom. The first kappa shape index (κ1) is 16.4. The van der Waals surface area contributed by atoms with E-state index in [9.17, 15) is 13.2 Å². The van der Waals surface area contributed by atoms with E-state index in [1.54, 1.807) is 0 Å². The molecule has 3 N–H and O–H groups in total. The maximum absolute atomic E-state index is 12.5. The van der Waals surface area contributed by atoms with Crippen LogP contribution in [0.5, 0.6) is 0 Å². The van der Waals surface area contributed by atoms with Gasteiger partial charge in [0.15, 0.2) is 0 Å². The summed E-state index contributed by atoms with van der Waals surface area (Å²) < 4.78 is 27.6. The number of primary amides is 1. The van der Waals surface area contributed by atoms with E-state index in [-0.39, 0.29) is 6.54 Å². The zero-order valence-corrected chi connectivity index (χ0v) is 12.3. The SMILES string of the molecule is CCCCN(CC(N)=O)S(=O)(=O)N1CCCNCC1. The van der Waals surface area contributed by atoms with E-state index in [0.29, 0.717) is 26.2 Å². The predicted molar refractivity (Wildman–Crippen MR) is 73.7 cm³/mol. The standard InChI is InChI=1S/C11H24N4O3S/c1-2-3-7-15(10-11(12)16)19(17,18)14-8-4-5-13-6-9-14/h13H,2-10H2,1H3,(H2,12,16). The monoisotopic (exact) mass is 292 g/mol. The van der Waals surface area contributed by atoms with E-state index in [2.05, 4.69) is 5.32 Å². The zero-order valence-electron chi connectivity index (χ0n) is 11.5. The molecule has 0 radical (unpaired) electrons. The lowest BCUT2D eigenvalue weighted by atomic mass is 10.3. The Morgan fingerprint density at radius 1 is 1.37 bits per heavy atom. The fourth-order valence-corrected chi connectivity index (χ4v) is 3.66. The highest BCUT2D eigenvalue weighted by atomic mass is 32.2. The molecule has 1 aliphatic heterocycles. The third kappa shape index (κ3) is 5.06. The fraction of sp³-hybridized carbons (Fsp3) is 0.909. The normalized spacial score (nSPS) is 18.4. The first-order valence-electron chi connectivity index (χ1n) is 6.72. The number of nitrogens with one attached hydrogen (secondary N) is 1. The van der Waals surface area contributed by atoms with Crippen molar-refractivity contribution < 1.29 is 13.2 Å². The van der Waals surface area contributed by atoms with Crippen molar-refractivity contribution in [1.29, 1.82) is 0 Å². The van der Waals surface area contributed by atoms with E-state index in [4.69, 9.17) is 5.73 Å². The smallest absolute Gasteiger partial charge is 0.282 e. The maximum atomic E-state index is 12.5. The Kier molecular flexibility index (Phi) is 6.70. The number of hydrogen-bond donors (Lipinski definition) is 2. The molecule has 0 spiro atoms. The minimum absolute atomic E-state index is 0.244. The summed E-state index contributed by atoms with van der Waals surface area (Å²) >= 11 is 0. The van der Waals surface area contributed by atoms with E-state index < -0.39 is 16.1 Å². The van der Waals surface area contributed by atoms with Crippen LogP contribution < -0.4 is 11.1 Å².